The minimum Gasteiger partial charge on any atom is -0.481 e. The molecule has 1 saturated heterocycles. The van der Waals surface area contributed by atoms with Crippen LogP contribution in [0.2, 0.25) is 0 Å². The third-order valence-corrected chi connectivity index (χ3v) is 5.30. The summed E-state index contributed by atoms with van der Waals surface area (Å²) >= 11 is 0. The summed E-state index contributed by atoms with van der Waals surface area (Å²) in [4.78, 5) is 26.1. The highest BCUT2D eigenvalue weighted by atomic mass is 16.4. The Morgan fingerprint density at radius 2 is 1.52 bits per heavy atom. The van der Waals surface area contributed by atoms with Crippen LogP contribution in [0.4, 0.5) is 0 Å². The quantitative estimate of drug-likeness (QED) is 0.851. The molecule has 2 fully saturated rings. The molecular formula is C17H29NO3. The lowest BCUT2D eigenvalue weighted by Gasteiger charge is -2.41. The summed E-state index contributed by atoms with van der Waals surface area (Å²) in [6, 6.07) is 0. The Bertz CT molecular complexity index is 393. The number of carbonyl (C=O) groups is 2. The van der Waals surface area contributed by atoms with Crippen LogP contribution in [0.1, 0.15) is 59.3 Å². The van der Waals surface area contributed by atoms with Crippen LogP contribution in [-0.2, 0) is 9.59 Å². The van der Waals surface area contributed by atoms with Gasteiger partial charge in [0.05, 0.1) is 5.92 Å². The number of amides is 1. The predicted molar refractivity (Wildman–Crippen MR) is 81.8 cm³/mol. The van der Waals surface area contributed by atoms with E-state index in [0.29, 0.717) is 18.8 Å². The number of carboxylic acids is 1. The van der Waals surface area contributed by atoms with Crippen molar-refractivity contribution in [3.8, 4) is 0 Å². The molecule has 0 unspecified atom stereocenters. The lowest BCUT2D eigenvalue weighted by atomic mass is 9.65. The van der Waals surface area contributed by atoms with Gasteiger partial charge in [-0.15, -0.1) is 0 Å². The lowest BCUT2D eigenvalue weighted by Crippen LogP contribution is -2.44. The number of carbonyl (C=O) groups excluding carboxylic acids is 1. The van der Waals surface area contributed by atoms with Gasteiger partial charge in [-0.25, -0.2) is 0 Å². The molecule has 0 aromatic carbocycles. The van der Waals surface area contributed by atoms with Crippen LogP contribution in [0.3, 0.4) is 0 Å². The maximum atomic E-state index is 12.7. The number of nitrogens with zero attached hydrogens (tertiary/aromatic N) is 1. The minimum absolute atomic E-state index is 0.0640. The Morgan fingerprint density at radius 3 is 2.05 bits per heavy atom. The van der Waals surface area contributed by atoms with Crippen LogP contribution in [0.5, 0.6) is 0 Å². The highest BCUT2D eigenvalue weighted by molar-refractivity contribution is 5.80. The number of piperidine rings is 1. The zero-order valence-electron chi connectivity index (χ0n) is 13.6. The smallest absolute Gasteiger partial charge is 0.306 e. The molecule has 1 aliphatic carbocycles. The van der Waals surface area contributed by atoms with Gasteiger partial charge < -0.3 is 10.0 Å². The monoisotopic (exact) mass is 295 g/mol. The standard InChI is InChI=1S/C17H29NO3/c1-17(2,3)14-10-12(9-13(11-14)16(20)21)15(19)18-7-5-4-6-8-18/h12-14H,4-11H2,1-3H3,(H,20,21)/t12-,13+,14+/m0/s1. The highest BCUT2D eigenvalue weighted by Gasteiger charge is 2.41. The summed E-state index contributed by atoms with van der Waals surface area (Å²) in [5.74, 6) is -0.676. The van der Waals surface area contributed by atoms with Gasteiger partial charge in [-0.1, -0.05) is 20.8 Å². The van der Waals surface area contributed by atoms with Crippen molar-refractivity contribution in [3.05, 3.63) is 0 Å². The molecule has 21 heavy (non-hydrogen) atoms. The molecule has 0 aromatic rings. The topological polar surface area (TPSA) is 57.6 Å². The average Bonchev–Trinajstić information content (AvgIpc) is 2.46. The molecule has 0 spiro atoms. The molecule has 120 valence electrons. The van der Waals surface area contributed by atoms with Crippen molar-refractivity contribution in [2.75, 3.05) is 13.1 Å². The van der Waals surface area contributed by atoms with Gasteiger partial charge in [-0.3, -0.25) is 9.59 Å². The van der Waals surface area contributed by atoms with Crippen LogP contribution < -0.4 is 0 Å². The molecule has 0 aromatic heterocycles. The van der Waals surface area contributed by atoms with E-state index in [1.165, 1.54) is 6.42 Å². The zero-order chi connectivity index (χ0) is 15.6. The Kier molecular flexibility index (Phi) is 4.95. The molecule has 3 atom stereocenters. The molecule has 4 heteroatoms. The van der Waals surface area contributed by atoms with Crippen molar-refractivity contribution >= 4 is 11.9 Å². The van der Waals surface area contributed by atoms with Gasteiger partial charge >= 0.3 is 5.97 Å². The Hall–Kier alpha value is -1.06. The Labute approximate surface area is 127 Å². The van der Waals surface area contributed by atoms with Gasteiger partial charge in [0.2, 0.25) is 5.91 Å². The van der Waals surface area contributed by atoms with Crippen molar-refractivity contribution in [3.63, 3.8) is 0 Å². The van der Waals surface area contributed by atoms with E-state index in [9.17, 15) is 14.7 Å². The summed E-state index contributed by atoms with van der Waals surface area (Å²) in [6.07, 6.45) is 5.46. The third kappa shape index (κ3) is 3.98. The number of aliphatic carboxylic acids is 1. The summed E-state index contributed by atoms with van der Waals surface area (Å²) < 4.78 is 0. The van der Waals surface area contributed by atoms with Crippen LogP contribution in [0, 0.1) is 23.2 Å². The van der Waals surface area contributed by atoms with E-state index < -0.39 is 5.97 Å². The van der Waals surface area contributed by atoms with E-state index >= 15 is 0 Å². The van der Waals surface area contributed by atoms with E-state index in [1.54, 1.807) is 0 Å². The van der Waals surface area contributed by atoms with Gasteiger partial charge in [0.25, 0.3) is 0 Å². The summed E-state index contributed by atoms with van der Waals surface area (Å²) in [5.41, 5.74) is 0.0640. The molecular weight excluding hydrogens is 266 g/mol. The first-order valence-electron chi connectivity index (χ1n) is 8.30. The predicted octanol–water partition coefficient (Wildman–Crippen LogP) is 3.16. The fraction of sp³-hybridized carbons (Fsp3) is 0.882. The van der Waals surface area contributed by atoms with Crippen molar-refractivity contribution in [2.24, 2.45) is 23.2 Å². The normalized spacial score (nSPS) is 31.0. The zero-order valence-corrected chi connectivity index (χ0v) is 13.6. The van der Waals surface area contributed by atoms with Gasteiger partial charge in [-0.2, -0.15) is 0 Å². The molecule has 2 rings (SSSR count). The molecule has 0 bridgehead atoms. The van der Waals surface area contributed by atoms with Crippen molar-refractivity contribution in [2.45, 2.75) is 59.3 Å². The number of likely N-dealkylation sites (tertiary alicyclic amines) is 1. The minimum atomic E-state index is -0.736. The van der Waals surface area contributed by atoms with Crippen molar-refractivity contribution in [1.82, 2.24) is 4.90 Å². The summed E-state index contributed by atoms with van der Waals surface area (Å²) in [7, 11) is 0. The fourth-order valence-corrected chi connectivity index (χ4v) is 3.80. The second kappa shape index (κ2) is 6.37. The lowest BCUT2D eigenvalue weighted by molar-refractivity contribution is -0.148. The first-order valence-corrected chi connectivity index (χ1v) is 8.30. The molecule has 4 nitrogen and oxygen atoms in total. The highest BCUT2D eigenvalue weighted by Crippen LogP contribution is 2.43. The summed E-state index contributed by atoms with van der Waals surface area (Å²) in [6.45, 7) is 8.18. The molecule has 1 amide bonds. The van der Waals surface area contributed by atoms with Gasteiger partial charge in [0.15, 0.2) is 0 Å². The largest absolute Gasteiger partial charge is 0.481 e. The van der Waals surface area contributed by atoms with E-state index in [0.717, 1.165) is 32.4 Å². The fourth-order valence-electron chi connectivity index (χ4n) is 3.80. The number of hydrogen-bond donors (Lipinski definition) is 1. The molecule has 0 radical (unpaired) electrons. The maximum Gasteiger partial charge on any atom is 0.306 e. The van der Waals surface area contributed by atoms with Gasteiger partial charge in [-0.05, 0) is 49.9 Å². The SMILES string of the molecule is CC(C)(C)[C@H]1C[C@H](C(=O)O)C[C@H](C(=O)N2CCCCC2)C1. The molecule has 1 saturated carbocycles. The van der Waals surface area contributed by atoms with E-state index in [-0.39, 0.29) is 23.2 Å². The van der Waals surface area contributed by atoms with Crippen molar-refractivity contribution in [1.29, 1.82) is 0 Å². The third-order valence-electron chi connectivity index (χ3n) is 5.30. The number of carboxylic acid groups (broad SMARTS) is 1. The Balaban J connectivity index is 2.09. The van der Waals surface area contributed by atoms with Crippen LogP contribution in [0.25, 0.3) is 0 Å². The number of rotatable bonds is 2. The van der Waals surface area contributed by atoms with Crippen molar-refractivity contribution < 1.29 is 14.7 Å². The van der Waals surface area contributed by atoms with Crippen LogP contribution in [0.15, 0.2) is 0 Å². The first kappa shape index (κ1) is 16.3. The first-order chi connectivity index (χ1) is 9.79. The molecule has 2 aliphatic rings. The molecule has 1 aliphatic heterocycles. The summed E-state index contributed by atoms with van der Waals surface area (Å²) in [5, 5.41) is 9.41. The second-order valence-electron chi connectivity index (χ2n) is 7.89. The molecule has 1 N–H and O–H groups in total. The van der Waals surface area contributed by atoms with E-state index in [1.807, 2.05) is 4.90 Å². The van der Waals surface area contributed by atoms with Gasteiger partial charge in [0.1, 0.15) is 0 Å². The second-order valence-corrected chi connectivity index (χ2v) is 7.89. The average molecular weight is 295 g/mol. The Morgan fingerprint density at radius 1 is 0.952 bits per heavy atom. The van der Waals surface area contributed by atoms with Gasteiger partial charge in [0, 0.05) is 19.0 Å². The van der Waals surface area contributed by atoms with Crippen LogP contribution in [-0.4, -0.2) is 35.0 Å². The van der Waals surface area contributed by atoms with E-state index in [4.69, 9.17) is 0 Å². The van der Waals surface area contributed by atoms with Crippen LogP contribution >= 0.6 is 0 Å². The molecule has 1 heterocycles. The maximum absolute atomic E-state index is 12.7. The van der Waals surface area contributed by atoms with E-state index in [2.05, 4.69) is 20.8 Å². The number of hydrogen-bond acceptors (Lipinski definition) is 2.